The molecule has 2 heterocycles. The molecule has 1 aromatic carbocycles. The Bertz CT molecular complexity index is 738. The summed E-state index contributed by atoms with van der Waals surface area (Å²) in [5.41, 5.74) is 4.12. The summed E-state index contributed by atoms with van der Waals surface area (Å²) in [5.74, 6) is 2.41. The normalized spacial score (nSPS) is 15.9. The van der Waals surface area contributed by atoms with Gasteiger partial charge in [0.1, 0.15) is 11.9 Å². The van der Waals surface area contributed by atoms with Crippen molar-refractivity contribution in [3.05, 3.63) is 29.8 Å². The predicted molar refractivity (Wildman–Crippen MR) is 95.4 cm³/mol. The molecule has 2 aliphatic rings. The molecular weight excluding hydrogens is 377 g/mol. The highest BCUT2D eigenvalue weighted by atomic mass is 19.4. The van der Waals surface area contributed by atoms with E-state index in [9.17, 15) is 22.8 Å². The number of amides is 4. The number of carbonyl (C=O) groups is 2. The third kappa shape index (κ3) is 5.97. The summed E-state index contributed by atoms with van der Waals surface area (Å²) in [6.07, 6.45) is 1.41. The molecule has 0 atom stereocenters. The van der Waals surface area contributed by atoms with E-state index >= 15 is 0 Å². The summed E-state index contributed by atoms with van der Waals surface area (Å²) < 4.78 is 43.1. The van der Waals surface area contributed by atoms with E-state index in [0.29, 0.717) is 13.1 Å². The summed E-state index contributed by atoms with van der Waals surface area (Å²) in [6, 6.07) is 4.07. The third-order valence-corrected chi connectivity index (χ3v) is 4.11. The molecule has 3 rings (SSSR count). The molecule has 0 radical (unpaired) electrons. The van der Waals surface area contributed by atoms with Gasteiger partial charge in [0, 0.05) is 13.1 Å². The minimum Gasteiger partial charge on any atom is -0.487 e. The number of hydrogen-bond acceptors (Lipinski definition) is 3. The first-order valence-electron chi connectivity index (χ1n) is 8.55. The number of halogens is 3. The molecule has 4 amide bonds. The average molecular weight is 398 g/mol. The Labute approximate surface area is 160 Å². The van der Waals surface area contributed by atoms with Gasteiger partial charge in [0.05, 0.1) is 25.2 Å². The van der Waals surface area contributed by atoms with E-state index in [1.807, 2.05) is 0 Å². The highest BCUT2D eigenvalue weighted by Gasteiger charge is 2.33. The van der Waals surface area contributed by atoms with Crippen molar-refractivity contribution in [2.75, 3.05) is 32.7 Å². The molecule has 1 aromatic rings. The van der Waals surface area contributed by atoms with Gasteiger partial charge in [-0.1, -0.05) is 12.0 Å². The number of primary amides is 1. The maximum absolute atomic E-state index is 12.6. The van der Waals surface area contributed by atoms with E-state index in [1.165, 1.54) is 17.0 Å². The van der Waals surface area contributed by atoms with Crippen molar-refractivity contribution in [2.24, 2.45) is 5.73 Å². The zero-order chi connectivity index (χ0) is 20.7. The lowest BCUT2D eigenvalue weighted by Crippen LogP contribution is -2.58. The minimum absolute atomic E-state index is 0.133. The van der Waals surface area contributed by atoms with Crippen LogP contribution in [-0.2, 0) is 6.18 Å². The Balaban J connectivity index is 0.000000336. The predicted octanol–water partition coefficient (Wildman–Crippen LogP) is 1.88. The van der Waals surface area contributed by atoms with Crippen LogP contribution >= 0.6 is 0 Å². The number of rotatable bonds is 3. The van der Waals surface area contributed by atoms with Crippen molar-refractivity contribution in [3.8, 4) is 18.1 Å². The van der Waals surface area contributed by atoms with E-state index in [1.54, 1.807) is 4.90 Å². The summed E-state index contributed by atoms with van der Waals surface area (Å²) in [5, 5.41) is 2.49. The van der Waals surface area contributed by atoms with Gasteiger partial charge in [-0.2, -0.15) is 13.2 Å². The van der Waals surface area contributed by atoms with Gasteiger partial charge in [0.25, 0.3) is 0 Å². The fraction of sp³-hybridized carbons (Fsp3) is 0.444. The Morgan fingerprint density at radius 1 is 1.29 bits per heavy atom. The topological polar surface area (TPSA) is 87.9 Å². The molecule has 0 aliphatic carbocycles. The van der Waals surface area contributed by atoms with Crippen molar-refractivity contribution in [1.82, 2.24) is 15.1 Å². The molecule has 0 aromatic heterocycles. The minimum atomic E-state index is -4.40. The number of nitrogens with one attached hydrogen (secondary N) is 1. The van der Waals surface area contributed by atoms with Gasteiger partial charge < -0.3 is 25.6 Å². The quantitative estimate of drug-likeness (QED) is 0.762. The average Bonchev–Trinajstić information content (AvgIpc) is 2.53. The van der Waals surface area contributed by atoms with Crippen LogP contribution in [0.3, 0.4) is 0 Å². The lowest BCUT2D eigenvalue weighted by molar-refractivity contribution is -0.137. The molecule has 2 saturated heterocycles. The zero-order valence-corrected chi connectivity index (χ0v) is 15.0. The van der Waals surface area contributed by atoms with Gasteiger partial charge in [-0.25, -0.2) is 9.59 Å². The van der Waals surface area contributed by atoms with Gasteiger partial charge in [0.2, 0.25) is 0 Å². The Morgan fingerprint density at radius 2 is 1.96 bits per heavy atom. The monoisotopic (exact) mass is 398 g/mol. The first-order valence-corrected chi connectivity index (χ1v) is 8.55. The molecule has 3 N–H and O–H groups in total. The fourth-order valence-electron chi connectivity index (χ4n) is 2.39. The standard InChI is InChI=1S/C14H13F3N2O2.C4H8N2O/c1-2-6-18-13(20)19-8-12(9-19)21-11-5-3-4-10(7-11)14(15,16)17;5-4(7)6-2-1-3-6/h1,3-5,7,12H,6,8-9H2,(H,18,20);1-3H2,(H2,5,7). The molecule has 0 bridgehead atoms. The number of urea groups is 2. The maximum Gasteiger partial charge on any atom is 0.416 e. The van der Waals surface area contributed by atoms with Crippen LogP contribution in [0.2, 0.25) is 0 Å². The van der Waals surface area contributed by atoms with Crippen LogP contribution in [0.25, 0.3) is 0 Å². The van der Waals surface area contributed by atoms with E-state index in [2.05, 4.69) is 11.2 Å². The SMILES string of the molecule is C#CCNC(=O)N1CC(Oc2cccc(C(F)(F)F)c2)C1.NC(=O)N1CCC1. The van der Waals surface area contributed by atoms with Crippen molar-refractivity contribution in [1.29, 1.82) is 0 Å². The number of alkyl halides is 3. The first kappa shape index (κ1) is 21.2. The zero-order valence-electron chi connectivity index (χ0n) is 15.0. The van der Waals surface area contributed by atoms with Gasteiger partial charge in [0.15, 0.2) is 0 Å². The van der Waals surface area contributed by atoms with Crippen LogP contribution in [-0.4, -0.2) is 60.7 Å². The smallest absolute Gasteiger partial charge is 0.416 e. The summed E-state index contributed by atoms with van der Waals surface area (Å²) in [7, 11) is 0. The van der Waals surface area contributed by atoms with Crippen molar-refractivity contribution in [2.45, 2.75) is 18.7 Å². The Morgan fingerprint density at radius 3 is 2.43 bits per heavy atom. The van der Waals surface area contributed by atoms with E-state index in [0.717, 1.165) is 31.6 Å². The van der Waals surface area contributed by atoms with Gasteiger partial charge in [-0.15, -0.1) is 6.42 Å². The molecule has 2 aliphatic heterocycles. The van der Waals surface area contributed by atoms with E-state index < -0.39 is 11.7 Å². The molecule has 0 saturated carbocycles. The second-order valence-electron chi connectivity index (χ2n) is 6.21. The van der Waals surface area contributed by atoms with E-state index in [-0.39, 0.29) is 30.5 Å². The van der Waals surface area contributed by atoms with Crippen LogP contribution in [0, 0.1) is 12.3 Å². The fourth-order valence-corrected chi connectivity index (χ4v) is 2.39. The summed E-state index contributed by atoms with van der Waals surface area (Å²) >= 11 is 0. The number of benzene rings is 1. The van der Waals surface area contributed by atoms with Gasteiger partial charge >= 0.3 is 18.2 Å². The number of carbonyl (C=O) groups excluding carboxylic acids is 2. The molecule has 2 fully saturated rings. The number of terminal acetylenes is 1. The lowest BCUT2D eigenvalue weighted by Gasteiger charge is -2.38. The van der Waals surface area contributed by atoms with Gasteiger partial charge in [-0.05, 0) is 24.6 Å². The van der Waals surface area contributed by atoms with Crippen LogP contribution in [0.5, 0.6) is 5.75 Å². The van der Waals surface area contributed by atoms with Crippen LogP contribution < -0.4 is 15.8 Å². The summed E-state index contributed by atoms with van der Waals surface area (Å²) in [4.78, 5) is 24.7. The molecule has 0 spiro atoms. The van der Waals surface area contributed by atoms with Crippen molar-refractivity contribution < 1.29 is 27.5 Å². The second-order valence-corrected chi connectivity index (χ2v) is 6.21. The first-order chi connectivity index (χ1) is 13.2. The second kappa shape index (κ2) is 9.21. The highest BCUT2D eigenvalue weighted by Crippen LogP contribution is 2.31. The number of ether oxygens (including phenoxy) is 1. The molecule has 152 valence electrons. The van der Waals surface area contributed by atoms with Crippen molar-refractivity contribution >= 4 is 12.1 Å². The van der Waals surface area contributed by atoms with Gasteiger partial charge in [-0.3, -0.25) is 0 Å². The number of hydrogen-bond donors (Lipinski definition) is 2. The Kier molecular flexibility index (Phi) is 6.98. The molecule has 0 unspecified atom stereocenters. The molecule has 28 heavy (non-hydrogen) atoms. The number of likely N-dealkylation sites (tertiary alicyclic amines) is 2. The summed E-state index contributed by atoms with van der Waals surface area (Å²) in [6.45, 7) is 2.47. The highest BCUT2D eigenvalue weighted by molar-refractivity contribution is 5.75. The maximum atomic E-state index is 12.6. The largest absolute Gasteiger partial charge is 0.487 e. The molecule has 7 nitrogen and oxygen atoms in total. The third-order valence-electron chi connectivity index (χ3n) is 4.11. The molecular formula is C18H21F3N4O3. The Hall–Kier alpha value is -3.09. The molecule has 10 heteroatoms. The number of nitrogens with two attached hydrogens (primary N) is 1. The van der Waals surface area contributed by atoms with Crippen LogP contribution in [0.1, 0.15) is 12.0 Å². The van der Waals surface area contributed by atoms with Crippen molar-refractivity contribution in [3.63, 3.8) is 0 Å². The van der Waals surface area contributed by atoms with E-state index in [4.69, 9.17) is 16.9 Å². The lowest BCUT2D eigenvalue weighted by atomic mass is 10.1. The van der Waals surface area contributed by atoms with Crippen LogP contribution in [0.15, 0.2) is 24.3 Å². The number of nitrogens with zero attached hydrogens (tertiary/aromatic N) is 2. The van der Waals surface area contributed by atoms with Crippen LogP contribution in [0.4, 0.5) is 22.8 Å².